The number of benzene rings is 1. The molecular weight excluding hydrogens is 537 g/mol. The summed E-state index contributed by atoms with van der Waals surface area (Å²) in [4.78, 5) is 9.29. The van der Waals surface area contributed by atoms with E-state index in [4.69, 9.17) is 4.99 Å². The van der Waals surface area contributed by atoms with Crippen molar-refractivity contribution < 1.29 is 13.2 Å². The maximum absolute atomic E-state index is 15.8. The van der Waals surface area contributed by atoms with Gasteiger partial charge in [0.05, 0.1) is 34.5 Å². The fourth-order valence-electron chi connectivity index (χ4n) is 6.37. The van der Waals surface area contributed by atoms with Crippen molar-refractivity contribution in [3.63, 3.8) is 0 Å². The van der Waals surface area contributed by atoms with E-state index in [2.05, 4.69) is 34.5 Å². The Hall–Kier alpha value is -3.51. The second-order valence-corrected chi connectivity index (χ2v) is 12.6. The average Bonchev–Trinajstić information content (AvgIpc) is 2.91. The van der Waals surface area contributed by atoms with E-state index in [9.17, 15) is 5.26 Å². The molecule has 42 heavy (non-hydrogen) atoms. The van der Waals surface area contributed by atoms with Gasteiger partial charge in [-0.3, -0.25) is 15.4 Å². The molecule has 0 aromatic heterocycles. The lowest BCUT2D eigenvalue weighted by Gasteiger charge is -2.44. The Morgan fingerprint density at radius 3 is 2.55 bits per heavy atom. The monoisotopic (exact) mass is 578 g/mol. The lowest BCUT2D eigenvalue weighted by molar-refractivity contribution is -0.0321. The van der Waals surface area contributed by atoms with Crippen molar-refractivity contribution in [2.24, 2.45) is 16.3 Å². The molecule has 1 N–H and O–H groups in total. The Bertz CT molecular complexity index is 1410. The van der Waals surface area contributed by atoms with Crippen LogP contribution in [-0.4, -0.2) is 53.9 Å². The van der Waals surface area contributed by atoms with Crippen LogP contribution < -0.4 is 5.43 Å². The third kappa shape index (κ3) is 5.49. The van der Waals surface area contributed by atoms with Gasteiger partial charge in [-0.25, -0.2) is 13.2 Å². The number of fused-ring (bicyclic) bond motifs is 7. The summed E-state index contributed by atoms with van der Waals surface area (Å²) in [5.41, 5.74) is 5.73. The van der Waals surface area contributed by atoms with E-state index in [1.165, 1.54) is 18.2 Å². The van der Waals surface area contributed by atoms with Gasteiger partial charge in [-0.1, -0.05) is 37.8 Å². The predicted molar refractivity (Wildman–Crippen MR) is 160 cm³/mol. The van der Waals surface area contributed by atoms with Gasteiger partial charge >= 0.3 is 0 Å². The fourth-order valence-corrected chi connectivity index (χ4v) is 6.37. The van der Waals surface area contributed by atoms with E-state index in [1.54, 1.807) is 11.9 Å². The number of alkyl halides is 2. The van der Waals surface area contributed by atoms with Crippen LogP contribution in [0.1, 0.15) is 70.0 Å². The zero-order valence-corrected chi connectivity index (χ0v) is 25.1. The van der Waals surface area contributed by atoms with Crippen molar-refractivity contribution in [2.45, 2.75) is 64.8 Å². The molecule has 0 amide bonds. The molecule has 0 unspecified atom stereocenters. The summed E-state index contributed by atoms with van der Waals surface area (Å²) < 4.78 is 46.5. The van der Waals surface area contributed by atoms with Crippen LogP contribution in [0.2, 0.25) is 0 Å². The minimum atomic E-state index is -3.27. The highest BCUT2D eigenvalue weighted by atomic mass is 19.3. The maximum Gasteiger partial charge on any atom is 0.276 e. The van der Waals surface area contributed by atoms with Crippen LogP contribution in [0.25, 0.3) is 0 Å². The van der Waals surface area contributed by atoms with Gasteiger partial charge in [-0.15, -0.1) is 0 Å². The molecule has 1 aromatic rings. The number of nitriles is 1. The molecule has 5 heterocycles. The third-order valence-corrected chi connectivity index (χ3v) is 9.06. The molecule has 5 aliphatic rings. The summed E-state index contributed by atoms with van der Waals surface area (Å²) in [5, 5.41) is 11.8. The highest BCUT2D eigenvalue weighted by molar-refractivity contribution is 6.04. The molecule has 1 atom stereocenters. The highest BCUT2D eigenvalue weighted by Crippen LogP contribution is 2.43. The van der Waals surface area contributed by atoms with Crippen molar-refractivity contribution in [1.82, 2.24) is 20.2 Å². The number of amidine groups is 1. The van der Waals surface area contributed by atoms with E-state index in [0.29, 0.717) is 24.5 Å². The van der Waals surface area contributed by atoms with Crippen LogP contribution in [-0.2, 0) is 5.92 Å². The van der Waals surface area contributed by atoms with Gasteiger partial charge in [0, 0.05) is 49.9 Å². The van der Waals surface area contributed by atoms with Crippen LogP contribution in [0.5, 0.6) is 0 Å². The molecule has 0 spiro atoms. The SMILES string of the molecule is C=C1C2=C3C=C(C(C)(C)C#N)C(=C)N2CCCCCN2CC(CCC(F)(F)c4cccc(c4F)[C@@H](C)N=C3NN1C)C2. The van der Waals surface area contributed by atoms with Gasteiger partial charge in [-0.05, 0) is 64.1 Å². The first-order valence-corrected chi connectivity index (χ1v) is 14.9. The summed E-state index contributed by atoms with van der Waals surface area (Å²) in [5.74, 6) is -3.51. The maximum atomic E-state index is 15.8. The molecule has 0 radical (unpaired) electrons. The number of halogens is 3. The Balaban J connectivity index is 1.62. The number of aliphatic imine (C=N–C) groups is 1. The first-order chi connectivity index (χ1) is 19.8. The second kappa shape index (κ2) is 11.3. The standard InChI is InChI=1S/C33H41F3N6/c1-21-25-11-10-12-27(29(25)34)33(35,36)14-13-24-18-41(19-24)15-8-7-9-16-42-22(2)28(32(4,5)20-37)17-26-30(42)23(3)40(6)39-31(26)38-21/h10-12,17,21,24H,2-3,7-9,13-16,18-19H2,1,4-6H3,(H,38,39)/t21-/m1/s1. The van der Waals surface area contributed by atoms with Crippen LogP contribution >= 0.6 is 0 Å². The van der Waals surface area contributed by atoms with Gasteiger partial charge in [0.1, 0.15) is 11.7 Å². The van der Waals surface area contributed by atoms with Crippen LogP contribution in [0.3, 0.4) is 0 Å². The Morgan fingerprint density at radius 1 is 1.12 bits per heavy atom. The number of rotatable bonds is 1. The van der Waals surface area contributed by atoms with E-state index in [0.717, 1.165) is 61.4 Å². The van der Waals surface area contributed by atoms with E-state index in [-0.39, 0.29) is 17.9 Å². The summed E-state index contributed by atoms with van der Waals surface area (Å²) >= 11 is 0. The number of allylic oxidation sites excluding steroid dienone is 1. The van der Waals surface area contributed by atoms with Gasteiger partial charge in [0.2, 0.25) is 0 Å². The van der Waals surface area contributed by atoms with E-state index < -0.39 is 28.8 Å². The van der Waals surface area contributed by atoms with E-state index >= 15 is 13.2 Å². The van der Waals surface area contributed by atoms with Crippen molar-refractivity contribution in [2.75, 3.05) is 33.2 Å². The van der Waals surface area contributed by atoms with Gasteiger partial charge < -0.3 is 9.80 Å². The lowest BCUT2D eigenvalue weighted by atomic mass is 9.80. The predicted octanol–water partition coefficient (Wildman–Crippen LogP) is 6.80. The number of likely N-dealkylation sites (N-methyl/N-ethyl adjacent to an activating group) is 1. The minimum absolute atomic E-state index is 0.110. The third-order valence-electron chi connectivity index (χ3n) is 9.06. The van der Waals surface area contributed by atoms with Crippen molar-refractivity contribution >= 4 is 5.84 Å². The molecule has 224 valence electrons. The normalized spacial score (nSPS) is 26.9. The Kier molecular flexibility index (Phi) is 8.06. The highest BCUT2D eigenvalue weighted by Gasteiger charge is 2.40. The summed E-state index contributed by atoms with van der Waals surface area (Å²) in [6.45, 7) is 17.4. The van der Waals surface area contributed by atoms with Crippen molar-refractivity contribution in [3.8, 4) is 6.07 Å². The molecule has 9 heteroatoms. The number of hydrazine groups is 1. The van der Waals surface area contributed by atoms with Crippen molar-refractivity contribution in [3.05, 3.63) is 82.6 Å². The molecule has 1 saturated heterocycles. The Labute approximate surface area is 247 Å². The number of nitrogens with zero attached hydrogens (tertiary/aromatic N) is 5. The lowest BCUT2D eigenvalue weighted by Crippen LogP contribution is -2.49. The van der Waals surface area contributed by atoms with Gasteiger partial charge in [0.25, 0.3) is 5.92 Å². The molecule has 8 bridgehead atoms. The second-order valence-electron chi connectivity index (χ2n) is 12.6. The molecule has 0 saturated carbocycles. The Morgan fingerprint density at radius 2 is 1.83 bits per heavy atom. The topological polar surface area (TPSA) is 57.9 Å². The quantitative estimate of drug-likeness (QED) is 0.398. The molecule has 1 fully saturated rings. The van der Waals surface area contributed by atoms with Crippen LogP contribution in [0, 0.1) is 28.5 Å². The van der Waals surface area contributed by atoms with Crippen LogP contribution in [0.15, 0.2) is 70.7 Å². The number of hydrogen-bond donors (Lipinski definition) is 1. The average molecular weight is 579 g/mol. The summed E-state index contributed by atoms with van der Waals surface area (Å²) in [7, 11) is 1.83. The van der Waals surface area contributed by atoms with Crippen LogP contribution in [0.4, 0.5) is 13.2 Å². The number of hydrogen-bond acceptors (Lipinski definition) is 6. The summed E-state index contributed by atoms with van der Waals surface area (Å²) in [6, 6.07) is 5.84. The molecular formula is C33H41F3N6. The molecule has 5 aliphatic heterocycles. The molecule has 0 aliphatic carbocycles. The number of nitrogens with one attached hydrogen (secondary N) is 1. The summed E-state index contributed by atoms with van der Waals surface area (Å²) in [6.07, 6.45) is 4.82. The zero-order chi connectivity index (χ0) is 30.4. The first-order valence-electron chi connectivity index (χ1n) is 14.9. The first kappa shape index (κ1) is 30.0. The van der Waals surface area contributed by atoms with E-state index in [1.807, 2.05) is 27.0 Å². The van der Waals surface area contributed by atoms with Gasteiger partial charge in [-0.2, -0.15) is 5.26 Å². The smallest absolute Gasteiger partial charge is 0.276 e. The van der Waals surface area contributed by atoms with Gasteiger partial charge in [0.15, 0.2) is 0 Å². The van der Waals surface area contributed by atoms with Crippen molar-refractivity contribution in [1.29, 1.82) is 5.26 Å². The largest absolute Gasteiger partial charge is 0.339 e. The minimum Gasteiger partial charge on any atom is -0.339 e. The zero-order valence-electron chi connectivity index (χ0n) is 25.1. The molecule has 1 aromatic carbocycles. The molecule has 6 nitrogen and oxygen atoms in total. The molecule has 6 rings (SSSR count). The fraction of sp³-hybridized carbons (Fsp3) is 0.515.